The van der Waals surface area contributed by atoms with Gasteiger partial charge in [0.1, 0.15) is 5.75 Å². The first kappa shape index (κ1) is 11.4. The molecule has 0 fully saturated rings. The van der Waals surface area contributed by atoms with E-state index in [4.69, 9.17) is 4.74 Å². The van der Waals surface area contributed by atoms with Crippen LogP contribution in [-0.4, -0.2) is 24.0 Å². The monoisotopic (exact) mass is 234 g/mol. The van der Waals surface area contributed by atoms with Crippen molar-refractivity contribution in [2.75, 3.05) is 4.90 Å². The number of hydrogen-bond donors (Lipinski definition) is 0. The van der Waals surface area contributed by atoms with E-state index in [1.807, 2.05) is 0 Å². The van der Waals surface area contributed by atoms with Crippen molar-refractivity contribution in [3.63, 3.8) is 0 Å². The zero-order valence-corrected chi connectivity index (χ0v) is 9.54. The van der Waals surface area contributed by atoms with Crippen molar-refractivity contribution in [2.24, 2.45) is 0 Å². The van der Waals surface area contributed by atoms with Crippen LogP contribution in [-0.2, 0) is 9.59 Å². The van der Waals surface area contributed by atoms with Gasteiger partial charge in [-0.2, -0.15) is 0 Å². The maximum Gasteiger partial charge on any atom is 0.268 e. The Morgan fingerprint density at radius 3 is 2.76 bits per heavy atom. The van der Waals surface area contributed by atoms with Gasteiger partial charge in [-0.05, 0) is 26.0 Å². The lowest BCUT2D eigenvalue weighted by Crippen LogP contribution is -2.54. The second kappa shape index (κ2) is 4.08. The van der Waals surface area contributed by atoms with Gasteiger partial charge in [0.05, 0.1) is 17.7 Å². The van der Waals surface area contributed by atoms with Gasteiger partial charge in [-0.25, -0.2) is 0 Å². The van der Waals surface area contributed by atoms with Crippen molar-refractivity contribution in [3.8, 4) is 5.75 Å². The number of aliphatic carboxylic acids is 1. The van der Waals surface area contributed by atoms with E-state index in [0.717, 1.165) is 0 Å². The van der Waals surface area contributed by atoms with Gasteiger partial charge in [0.15, 0.2) is 6.10 Å². The van der Waals surface area contributed by atoms with Gasteiger partial charge in [0, 0.05) is 0 Å². The Bertz CT molecular complexity index is 471. The number of carboxylic acid groups (broad SMARTS) is 1. The first-order chi connectivity index (χ1) is 8.02. The van der Waals surface area contributed by atoms with Crippen molar-refractivity contribution in [2.45, 2.75) is 26.0 Å². The summed E-state index contributed by atoms with van der Waals surface area (Å²) >= 11 is 0. The highest BCUT2D eigenvalue weighted by atomic mass is 16.5. The molecule has 1 aromatic carbocycles. The number of carbonyl (C=O) groups excluding carboxylic acids is 2. The lowest BCUT2D eigenvalue weighted by molar-refractivity contribution is -0.307. The van der Waals surface area contributed by atoms with Crippen LogP contribution >= 0.6 is 0 Å². The topological polar surface area (TPSA) is 69.7 Å². The maximum atomic E-state index is 11.9. The van der Waals surface area contributed by atoms with Crippen LogP contribution in [0.15, 0.2) is 24.3 Å². The Hall–Kier alpha value is -2.04. The minimum atomic E-state index is -1.29. The highest BCUT2D eigenvalue weighted by Gasteiger charge is 2.34. The van der Waals surface area contributed by atoms with Crippen LogP contribution in [0.5, 0.6) is 5.75 Å². The molecule has 0 bridgehead atoms. The normalized spacial score (nSPS) is 20.5. The second-order valence-electron chi connectivity index (χ2n) is 3.93. The van der Waals surface area contributed by atoms with E-state index in [2.05, 4.69) is 0 Å². The Kier molecular flexibility index (Phi) is 2.75. The molecule has 1 amide bonds. The molecule has 17 heavy (non-hydrogen) atoms. The highest BCUT2D eigenvalue weighted by molar-refractivity contribution is 6.03. The number of hydrogen-bond acceptors (Lipinski definition) is 4. The van der Waals surface area contributed by atoms with Gasteiger partial charge in [-0.1, -0.05) is 12.1 Å². The van der Waals surface area contributed by atoms with Crippen molar-refractivity contribution in [3.05, 3.63) is 24.3 Å². The summed E-state index contributed by atoms with van der Waals surface area (Å²) in [5, 5.41) is 10.9. The molecule has 1 aliphatic heterocycles. The Morgan fingerprint density at radius 2 is 2.12 bits per heavy atom. The number of carbonyl (C=O) groups is 2. The fourth-order valence-corrected chi connectivity index (χ4v) is 1.82. The second-order valence-corrected chi connectivity index (χ2v) is 3.93. The molecule has 0 aliphatic carbocycles. The number of ether oxygens (including phenoxy) is 1. The Morgan fingerprint density at radius 1 is 1.47 bits per heavy atom. The van der Waals surface area contributed by atoms with Crippen molar-refractivity contribution < 1.29 is 19.4 Å². The van der Waals surface area contributed by atoms with Gasteiger partial charge >= 0.3 is 0 Å². The average Bonchev–Trinajstić information content (AvgIpc) is 2.30. The van der Waals surface area contributed by atoms with Crippen LogP contribution in [0.25, 0.3) is 0 Å². The van der Waals surface area contributed by atoms with E-state index in [1.165, 1.54) is 11.8 Å². The van der Waals surface area contributed by atoms with E-state index in [-0.39, 0.29) is 5.91 Å². The zero-order chi connectivity index (χ0) is 12.6. The summed E-state index contributed by atoms with van der Waals surface area (Å²) in [6.45, 7) is 3.01. The fourth-order valence-electron chi connectivity index (χ4n) is 1.82. The molecule has 0 spiro atoms. The summed E-state index contributed by atoms with van der Waals surface area (Å²) in [5.74, 6) is -1.16. The van der Waals surface area contributed by atoms with Crippen LogP contribution in [0.2, 0.25) is 0 Å². The molecule has 1 aliphatic rings. The minimum absolute atomic E-state index is 0.375. The van der Waals surface area contributed by atoms with Gasteiger partial charge in [0.25, 0.3) is 5.91 Å². The number of para-hydroxylation sites is 2. The molecule has 5 heteroatoms. The van der Waals surface area contributed by atoms with Crippen molar-refractivity contribution in [1.82, 2.24) is 0 Å². The molecule has 90 valence electrons. The van der Waals surface area contributed by atoms with E-state index in [0.29, 0.717) is 11.4 Å². The fraction of sp³-hybridized carbons (Fsp3) is 0.333. The molecule has 0 unspecified atom stereocenters. The van der Waals surface area contributed by atoms with Crippen LogP contribution in [0.4, 0.5) is 5.69 Å². The van der Waals surface area contributed by atoms with Crippen molar-refractivity contribution >= 4 is 17.6 Å². The molecule has 1 aromatic rings. The molecule has 2 atom stereocenters. The quantitative estimate of drug-likeness (QED) is 0.718. The van der Waals surface area contributed by atoms with Crippen LogP contribution in [0.1, 0.15) is 13.8 Å². The molecule has 1 heterocycles. The summed E-state index contributed by atoms with van der Waals surface area (Å²) in [6.07, 6.45) is -0.688. The lowest BCUT2D eigenvalue weighted by atomic mass is 10.1. The van der Waals surface area contributed by atoms with E-state index in [1.54, 1.807) is 31.2 Å². The smallest absolute Gasteiger partial charge is 0.268 e. The highest BCUT2D eigenvalue weighted by Crippen LogP contribution is 2.34. The molecule has 5 nitrogen and oxygen atoms in total. The number of benzene rings is 1. The predicted molar refractivity (Wildman–Crippen MR) is 58.5 cm³/mol. The SMILES string of the molecule is C[C@H]1Oc2ccccc2N([C@@H](C)C(=O)[O-])C1=O. The van der Waals surface area contributed by atoms with Crippen LogP contribution < -0.4 is 14.7 Å². The number of nitrogens with zero attached hydrogens (tertiary/aromatic N) is 1. The molecular weight excluding hydrogens is 222 g/mol. The number of amides is 1. The summed E-state index contributed by atoms with van der Waals surface area (Å²) in [5.41, 5.74) is 0.465. The Labute approximate surface area is 98.6 Å². The molecule has 0 N–H and O–H groups in total. The first-order valence-electron chi connectivity index (χ1n) is 5.32. The van der Waals surface area contributed by atoms with Gasteiger partial charge in [-0.15, -0.1) is 0 Å². The Balaban J connectivity index is 2.49. The summed E-state index contributed by atoms with van der Waals surface area (Å²) < 4.78 is 5.40. The average molecular weight is 234 g/mol. The lowest BCUT2D eigenvalue weighted by Gasteiger charge is -2.37. The molecule has 2 rings (SSSR count). The maximum absolute atomic E-state index is 11.9. The van der Waals surface area contributed by atoms with E-state index in [9.17, 15) is 14.7 Å². The molecule has 0 saturated carbocycles. The predicted octanol–water partition coefficient (Wildman–Crippen LogP) is -0.0611. The number of fused-ring (bicyclic) bond motifs is 1. The van der Waals surface area contributed by atoms with Gasteiger partial charge in [0.2, 0.25) is 0 Å². The number of rotatable bonds is 2. The number of carboxylic acids is 1. The molecule has 0 radical (unpaired) electrons. The van der Waals surface area contributed by atoms with Crippen LogP contribution in [0, 0.1) is 0 Å². The summed E-state index contributed by atoms with van der Waals surface area (Å²) in [7, 11) is 0. The largest absolute Gasteiger partial charge is 0.548 e. The zero-order valence-electron chi connectivity index (χ0n) is 9.54. The third kappa shape index (κ3) is 1.84. The number of anilines is 1. The van der Waals surface area contributed by atoms with E-state index < -0.39 is 18.1 Å². The minimum Gasteiger partial charge on any atom is -0.548 e. The van der Waals surface area contributed by atoms with Crippen molar-refractivity contribution in [1.29, 1.82) is 0 Å². The van der Waals surface area contributed by atoms with Crippen LogP contribution in [0.3, 0.4) is 0 Å². The molecular formula is C12H12NO4-. The first-order valence-corrected chi connectivity index (χ1v) is 5.32. The third-order valence-corrected chi connectivity index (χ3v) is 2.74. The molecule has 0 saturated heterocycles. The third-order valence-electron chi connectivity index (χ3n) is 2.74. The van der Waals surface area contributed by atoms with Gasteiger partial charge in [-0.3, -0.25) is 9.69 Å². The summed E-state index contributed by atoms with van der Waals surface area (Å²) in [6, 6.07) is 5.82. The summed E-state index contributed by atoms with van der Waals surface area (Å²) in [4.78, 5) is 24.1. The van der Waals surface area contributed by atoms with Gasteiger partial charge < -0.3 is 14.6 Å². The van der Waals surface area contributed by atoms with E-state index >= 15 is 0 Å². The molecule has 0 aromatic heterocycles. The standard InChI is InChI=1S/C12H13NO4/c1-7(12(15)16)13-9-5-3-4-6-10(9)17-8(2)11(13)14/h3-8H,1-2H3,(H,15,16)/p-1/t7-,8+/m0/s1.